The van der Waals surface area contributed by atoms with E-state index in [0.717, 1.165) is 11.1 Å². The zero-order valence-corrected chi connectivity index (χ0v) is 12.3. The van der Waals surface area contributed by atoms with Crippen molar-refractivity contribution in [2.24, 2.45) is 0 Å². The Balaban J connectivity index is 1.79. The van der Waals surface area contributed by atoms with Crippen LogP contribution in [0.15, 0.2) is 42.5 Å². The van der Waals surface area contributed by atoms with E-state index in [1.165, 1.54) is 12.1 Å². The van der Waals surface area contributed by atoms with Gasteiger partial charge in [0.1, 0.15) is 13.2 Å². The number of rotatable bonds is 4. The Kier molecular flexibility index (Phi) is 4.11. The predicted molar refractivity (Wildman–Crippen MR) is 82.6 cm³/mol. The molecule has 2 aromatic carbocycles. The summed E-state index contributed by atoms with van der Waals surface area (Å²) in [4.78, 5) is 10.2. The quantitative estimate of drug-likeness (QED) is 0.639. The molecule has 0 aliphatic carbocycles. The molecule has 1 heterocycles. The summed E-state index contributed by atoms with van der Waals surface area (Å²) >= 11 is 0. The van der Waals surface area contributed by atoms with Gasteiger partial charge in [-0.3, -0.25) is 10.1 Å². The van der Waals surface area contributed by atoms with Crippen LogP contribution >= 0.6 is 0 Å². The van der Waals surface area contributed by atoms with Crippen molar-refractivity contribution in [1.82, 2.24) is 0 Å². The van der Waals surface area contributed by atoms with Gasteiger partial charge in [0.2, 0.25) is 0 Å². The minimum absolute atomic E-state index is 0.0183. The van der Waals surface area contributed by atoms with Crippen molar-refractivity contribution in [3.05, 3.63) is 63.7 Å². The molecule has 0 aromatic heterocycles. The zero-order chi connectivity index (χ0) is 16.2. The number of non-ortho nitro benzene ring substituents is 1. The normalized spacial score (nSPS) is 13.9. The lowest BCUT2D eigenvalue weighted by atomic mass is 9.93. The van der Waals surface area contributed by atoms with Crippen LogP contribution in [0.4, 0.5) is 5.69 Å². The van der Waals surface area contributed by atoms with Gasteiger partial charge in [-0.1, -0.05) is 18.2 Å². The minimum Gasteiger partial charge on any atom is -0.486 e. The van der Waals surface area contributed by atoms with Crippen LogP contribution in [0.5, 0.6) is 11.5 Å². The first kappa shape index (κ1) is 14.9. The molecule has 6 nitrogen and oxygen atoms in total. The van der Waals surface area contributed by atoms with E-state index in [-0.39, 0.29) is 11.6 Å². The molecule has 0 fully saturated rings. The molecule has 6 heteroatoms. The Hall–Kier alpha value is -3.07. The summed E-state index contributed by atoms with van der Waals surface area (Å²) in [6.45, 7) is 1.05. The largest absolute Gasteiger partial charge is 0.486 e. The van der Waals surface area contributed by atoms with Gasteiger partial charge in [-0.2, -0.15) is 5.26 Å². The van der Waals surface area contributed by atoms with E-state index in [2.05, 4.69) is 6.07 Å². The van der Waals surface area contributed by atoms with Crippen LogP contribution in [0.1, 0.15) is 17.0 Å². The lowest BCUT2D eigenvalue weighted by molar-refractivity contribution is -0.384. The average Bonchev–Trinajstić information content (AvgIpc) is 2.59. The van der Waals surface area contributed by atoms with Gasteiger partial charge in [0, 0.05) is 12.1 Å². The molecule has 0 N–H and O–H groups in total. The average molecular weight is 310 g/mol. The van der Waals surface area contributed by atoms with E-state index in [4.69, 9.17) is 9.47 Å². The molecule has 116 valence electrons. The molecule has 1 aliphatic heterocycles. The first-order chi connectivity index (χ1) is 11.2. The van der Waals surface area contributed by atoms with Crippen molar-refractivity contribution >= 4 is 5.69 Å². The van der Waals surface area contributed by atoms with Gasteiger partial charge in [0.05, 0.1) is 16.9 Å². The molecule has 0 spiro atoms. The van der Waals surface area contributed by atoms with Gasteiger partial charge >= 0.3 is 0 Å². The number of benzene rings is 2. The molecule has 0 amide bonds. The standard InChI is InChI=1S/C17H14N2O4/c18-11-14(13-2-4-15(5-3-13)19(20)21)9-12-1-6-16-17(10-12)23-8-7-22-16/h1-6,10,14H,7-9H2. The van der Waals surface area contributed by atoms with Crippen molar-refractivity contribution in [3.63, 3.8) is 0 Å². The SMILES string of the molecule is N#CC(Cc1ccc2c(c1)OCCO2)c1ccc([N+](=O)[O-])cc1. The second-order valence-electron chi connectivity index (χ2n) is 5.21. The van der Waals surface area contributed by atoms with Crippen LogP contribution in [0.2, 0.25) is 0 Å². The lowest BCUT2D eigenvalue weighted by Crippen LogP contribution is -2.15. The van der Waals surface area contributed by atoms with Crippen molar-refractivity contribution in [3.8, 4) is 17.6 Å². The van der Waals surface area contributed by atoms with Crippen LogP contribution in [0.25, 0.3) is 0 Å². The number of nitrogens with zero attached hydrogens (tertiary/aromatic N) is 2. The third kappa shape index (κ3) is 3.24. The summed E-state index contributed by atoms with van der Waals surface area (Å²) < 4.78 is 11.0. The van der Waals surface area contributed by atoms with Crippen molar-refractivity contribution in [2.45, 2.75) is 12.3 Å². The highest BCUT2D eigenvalue weighted by molar-refractivity contribution is 5.45. The van der Waals surface area contributed by atoms with Gasteiger partial charge in [0.25, 0.3) is 5.69 Å². The van der Waals surface area contributed by atoms with Gasteiger partial charge in [0.15, 0.2) is 11.5 Å². The minimum atomic E-state index is -0.452. The first-order valence-corrected chi connectivity index (χ1v) is 7.20. The highest BCUT2D eigenvalue weighted by Crippen LogP contribution is 2.32. The van der Waals surface area contributed by atoms with E-state index < -0.39 is 4.92 Å². The molecular formula is C17H14N2O4. The maximum Gasteiger partial charge on any atom is 0.269 e. The summed E-state index contributed by atoms with van der Waals surface area (Å²) in [6.07, 6.45) is 0.505. The molecule has 1 aliphatic rings. The number of hydrogen-bond acceptors (Lipinski definition) is 5. The van der Waals surface area contributed by atoms with E-state index in [0.29, 0.717) is 31.1 Å². The van der Waals surface area contributed by atoms with E-state index >= 15 is 0 Å². The van der Waals surface area contributed by atoms with Crippen LogP contribution in [0.3, 0.4) is 0 Å². The zero-order valence-electron chi connectivity index (χ0n) is 12.3. The highest BCUT2D eigenvalue weighted by atomic mass is 16.6. The smallest absolute Gasteiger partial charge is 0.269 e. The summed E-state index contributed by atoms with van der Waals surface area (Å²) in [6, 6.07) is 14.0. The van der Waals surface area contributed by atoms with E-state index in [9.17, 15) is 15.4 Å². The van der Waals surface area contributed by atoms with Crippen LogP contribution in [-0.2, 0) is 6.42 Å². The van der Waals surface area contributed by atoms with Crippen LogP contribution < -0.4 is 9.47 Å². The molecule has 23 heavy (non-hydrogen) atoms. The lowest BCUT2D eigenvalue weighted by Gasteiger charge is -2.19. The fourth-order valence-electron chi connectivity index (χ4n) is 2.52. The van der Waals surface area contributed by atoms with Crippen molar-refractivity contribution < 1.29 is 14.4 Å². The number of fused-ring (bicyclic) bond motifs is 1. The number of nitriles is 1. The summed E-state index contributed by atoms with van der Waals surface area (Å²) in [5.74, 6) is 1.02. The van der Waals surface area contributed by atoms with Gasteiger partial charge < -0.3 is 9.47 Å². The second-order valence-corrected chi connectivity index (χ2v) is 5.21. The van der Waals surface area contributed by atoms with Crippen LogP contribution in [0, 0.1) is 21.4 Å². The maximum atomic E-state index is 10.7. The highest BCUT2D eigenvalue weighted by Gasteiger charge is 2.16. The predicted octanol–water partition coefficient (Wildman–Crippen LogP) is 3.22. The monoisotopic (exact) mass is 310 g/mol. The Morgan fingerprint density at radius 3 is 2.48 bits per heavy atom. The molecular weight excluding hydrogens is 296 g/mol. The molecule has 2 aromatic rings. The third-order valence-corrected chi connectivity index (χ3v) is 3.71. The van der Waals surface area contributed by atoms with Gasteiger partial charge in [-0.15, -0.1) is 0 Å². The topological polar surface area (TPSA) is 85.4 Å². The molecule has 3 rings (SSSR count). The molecule has 0 radical (unpaired) electrons. The number of ether oxygens (including phenoxy) is 2. The fourth-order valence-corrected chi connectivity index (χ4v) is 2.52. The van der Waals surface area contributed by atoms with Crippen LogP contribution in [-0.4, -0.2) is 18.1 Å². The van der Waals surface area contributed by atoms with Crippen molar-refractivity contribution in [1.29, 1.82) is 5.26 Å². The Labute approximate surface area is 133 Å². The first-order valence-electron chi connectivity index (χ1n) is 7.20. The third-order valence-electron chi connectivity index (χ3n) is 3.71. The number of nitro groups is 1. The Morgan fingerprint density at radius 2 is 1.83 bits per heavy atom. The van der Waals surface area contributed by atoms with Gasteiger partial charge in [-0.25, -0.2) is 0 Å². The molecule has 0 saturated heterocycles. The molecule has 0 saturated carbocycles. The van der Waals surface area contributed by atoms with E-state index in [1.807, 2.05) is 18.2 Å². The second kappa shape index (κ2) is 6.36. The maximum absolute atomic E-state index is 10.7. The Morgan fingerprint density at radius 1 is 1.13 bits per heavy atom. The van der Waals surface area contributed by atoms with Crippen molar-refractivity contribution in [2.75, 3.05) is 13.2 Å². The summed E-state index contributed by atoms with van der Waals surface area (Å²) in [7, 11) is 0. The molecule has 1 unspecified atom stereocenters. The number of nitro benzene ring substituents is 1. The Bertz CT molecular complexity index is 765. The summed E-state index contributed by atoms with van der Waals surface area (Å²) in [5.41, 5.74) is 1.73. The molecule has 1 atom stereocenters. The fraction of sp³-hybridized carbons (Fsp3) is 0.235. The van der Waals surface area contributed by atoms with Gasteiger partial charge in [-0.05, 0) is 29.7 Å². The molecule has 0 bridgehead atoms. The number of hydrogen-bond donors (Lipinski definition) is 0. The summed E-state index contributed by atoms with van der Waals surface area (Å²) in [5, 5.41) is 20.1. The van der Waals surface area contributed by atoms with E-state index in [1.54, 1.807) is 12.1 Å².